The number of benzene rings is 1. The molecule has 1 aromatic carbocycles. The van der Waals surface area contributed by atoms with Gasteiger partial charge in [0.2, 0.25) is 0 Å². The molecule has 15 heavy (non-hydrogen) atoms. The molecule has 2 nitrogen and oxygen atoms in total. The zero-order chi connectivity index (χ0) is 9.97. The van der Waals surface area contributed by atoms with Crippen LogP contribution in [-0.4, -0.2) is 11.0 Å². The van der Waals surface area contributed by atoms with Crippen molar-refractivity contribution in [3.05, 3.63) is 36.0 Å². The topological polar surface area (TPSA) is 41.8 Å². The molecule has 0 radical (unpaired) electrons. The largest absolute Gasteiger partial charge is 0.358 e. The third-order valence-corrected chi connectivity index (χ3v) is 2.59. The molecule has 0 aliphatic heterocycles. The first-order chi connectivity index (χ1) is 6.79. The van der Waals surface area contributed by atoms with Crippen LogP contribution >= 0.6 is 12.4 Å². The number of halogens is 1. The standard InChI is InChI=1S/C12H16N2.ClH/c1-2-10(13)8-11-7-9-5-3-4-6-12(9)14-11;/h3-7,10,14H,2,8,13H2,1H3;1H. The van der Waals surface area contributed by atoms with Crippen LogP contribution in [0.4, 0.5) is 0 Å². The van der Waals surface area contributed by atoms with E-state index in [0.29, 0.717) is 0 Å². The first-order valence-corrected chi connectivity index (χ1v) is 5.12. The van der Waals surface area contributed by atoms with Gasteiger partial charge in [-0.1, -0.05) is 25.1 Å². The minimum absolute atomic E-state index is 0. The summed E-state index contributed by atoms with van der Waals surface area (Å²) in [6, 6.07) is 10.8. The SMILES string of the molecule is CCC(N)Cc1cc2ccccc2[nH]1.Cl. The highest BCUT2D eigenvalue weighted by Gasteiger charge is 2.04. The Morgan fingerprint density at radius 3 is 2.73 bits per heavy atom. The molecular weight excluding hydrogens is 208 g/mol. The molecule has 1 aromatic heterocycles. The highest BCUT2D eigenvalue weighted by Crippen LogP contribution is 2.15. The molecule has 1 atom stereocenters. The van der Waals surface area contributed by atoms with Crippen molar-refractivity contribution < 1.29 is 0 Å². The number of H-pyrrole nitrogens is 1. The van der Waals surface area contributed by atoms with E-state index in [0.717, 1.165) is 12.8 Å². The predicted molar refractivity (Wildman–Crippen MR) is 67.5 cm³/mol. The van der Waals surface area contributed by atoms with Gasteiger partial charge in [-0.15, -0.1) is 12.4 Å². The number of aromatic nitrogens is 1. The van der Waals surface area contributed by atoms with Gasteiger partial charge in [0.1, 0.15) is 0 Å². The molecule has 1 heterocycles. The lowest BCUT2D eigenvalue weighted by Gasteiger charge is -2.05. The number of rotatable bonds is 3. The Morgan fingerprint density at radius 1 is 1.33 bits per heavy atom. The fourth-order valence-corrected chi connectivity index (χ4v) is 1.67. The van der Waals surface area contributed by atoms with Crippen LogP contribution in [0.25, 0.3) is 10.9 Å². The maximum absolute atomic E-state index is 5.91. The lowest BCUT2D eigenvalue weighted by Crippen LogP contribution is -2.21. The molecule has 0 bridgehead atoms. The molecule has 0 aliphatic rings. The van der Waals surface area contributed by atoms with Crippen LogP contribution in [0.1, 0.15) is 19.0 Å². The Hall–Kier alpha value is -0.990. The van der Waals surface area contributed by atoms with Gasteiger partial charge >= 0.3 is 0 Å². The van der Waals surface area contributed by atoms with E-state index in [4.69, 9.17) is 5.73 Å². The maximum Gasteiger partial charge on any atom is 0.0456 e. The second kappa shape index (κ2) is 5.19. The van der Waals surface area contributed by atoms with E-state index in [1.165, 1.54) is 16.6 Å². The van der Waals surface area contributed by atoms with Crippen LogP contribution in [-0.2, 0) is 6.42 Å². The van der Waals surface area contributed by atoms with Gasteiger partial charge in [0.15, 0.2) is 0 Å². The summed E-state index contributed by atoms with van der Waals surface area (Å²) in [5.74, 6) is 0. The molecule has 2 aromatic rings. The monoisotopic (exact) mass is 224 g/mol. The van der Waals surface area contributed by atoms with Gasteiger partial charge in [-0.05, 0) is 23.9 Å². The normalized spacial score (nSPS) is 12.4. The van der Waals surface area contributed by atoms with Crippen molar-refractivity contribution in [3.63, 3.8) is 0 Å². The number of fused-ring (bicyclic) bond motifs is 1. The van der Waals surface area contributed by atoms with Crippen LogP contribution in [0.3, 0.4) is 0 Å². The Morgan fingerprint density at radius 2 is 2.07 bits per heavy atom. The van der Waals surface area contributed by atoms with Crippen molar-refractivity contribution in [2.24, 2.45) is 5.73 Å². The number of hydrogen-bond donors (Lipinski definition) is 2. The van der Waals surface area contributed by atoms with Crippen molar-refractivity contribution in [1.82, 2.24) is 4.98 Å². The third kappa shape index (κ3) is 2.74. The fourth-order valence-electron chi connectivity index (χ4n) is 1.67. The van der Waals surface area contributed by atoms with Gasteiger partial charge in [-0.25, -0.2) is 0 Å². The van der Waals surface area contributed by atoms with Crippen molar-refractivity contribution >= 4 is 23.3 Å². The number of nitrogens with one attached hydrogen (secondary N) is 1. The van der Waals surface area contributed by atoms with Crippen LogP contribution in [0.15, 0.2) is 30.3 Å². The minimum Gasteiger partial charge on any atom is -0.358 e. The summed E-state index contributed by atoms with van der Waals surface area (Å²) < 4.78 is 0. The van der Waals surface area contributed by atoms with E-state index < -0.39 is 0 Å². The Kier molecular flexibility index (Phi) is 4.18. The number of hydrogen-bond acceptors (Lipinski definition) is 1. The lowest BCUT2D eigenvalue weighted by atomic mass is 10.1. The quantitative estimate of drug-likeness (QED) is 0.827. The summed E-state index contributed by atoms with van der Waals surface area (Å²) in [5.41, 5.74) is 8.34. The van der Waals surface area contributed by atoms with Gasteiger partial charge in [0.05, 0.1) is 0 Å². The maximum atomic E-state index is 5.91. The Bertz CT molecular complexity index is 389. The molecule has 0 saturated heterocycles. The van der Waals surface area contributed by atoms with Crippen molar-refractivity contribution in [3.8, 4) is 0 Å². The van der Waals surface area contributed by atoms with Crippen molar-refractivity contribution in [1.29, 1.82) is 0 Å². The molecule has 3 N–H and O–H groups in total. The predicted octanol–water partition coefficient (Wildman–Crippen LogP) is 2.87. The van der Waals surface area contributed by atoms with E-state index in [1.807, 2.05) is 6.07 Å². The van der Waals surface area contributed by atoms with Gasteiger partial charge < -0.3 is 10.7 Å². The number of nitrogens with two attached hydrogens (primary N) is 1. The summed E-state index contributed by atoms with van der Waals surface area (Å²) in [7, 11) is 0. The summed E-state index contributed by atoms with van der Waals surface area (Å²) in [5, 5.41) is 1.27. The molecule has 0 amide bonds. The van der Waals surface area contributed by atoms with Gasteiger partial charge in [-0.2, -0.15) is 0 Å². The molecule has 3 heteroatoms. The van der Waals surface area contributed by atoms with Crippen LogP contribution < -0.4 is 5.73 Å². The molecule has 0 spiro atoms. The Labute approximate surface area is 96.3 Å². The lowest BCUT2D eigenvalue weighted by molar-refractivity contribution is 0.639. The summed E-state index contributed by atoms with van der Waals surface area (Å²) in [4.78, 5) is 3.38. The number of aromatic amines is 1. The smallest absolute Gasteiger partial charge is 0.0456 e. The summed E-state index contributed by atoms with van der Waals surface area (Å²) in [6.07, 6.45) is 1.96. The molecule has 2 rings (SSSR count). The summed E-state index contributed by atoms with van der Waals surface area (Å²) >= 11 is 0. The molecule has 0 aliphatic carbocycles. The zero-order valence-corrected chi connectivity index (χ0v) is 9.68. The van der Waals surface area contributed by atoms with Gasteiger partial charge in [0.25, 0.3) is 0 Å². The van der Waals surface area contributed by atoms with E-state index >= 15 is 0 Å². The van der Waals surface area contributed by atoms with E-state index in [9.17, 15) is 0 Å². The van der Waals surface area contributed by atoms with Gasteiger partial charge in [-0.3, -0.25) is 0 Å². The highest BCUT2D eigenvalue weighted by atomic mass is 35.5. The Balaban J connectivity index is 0.00000112. The fraction of sp³-hybridized carbons (Fsp3) is 0.333. The first-order valence-electron chi connectivity index (χ1n) is 5.12. The molecule has 0 fully saturated rings. The third-order valence-electron chi connectivity index (χ3n) is 2.59. The molecule has 1 unspecified atom stereocenters. The first kappa shape index (κ1) is 12.1. The zero-order valence-electron chi connectivity index (χ0n) is 8.86. The molecule has 82 valence electrons. The highest BCUT2D eigenvalue weighted by molar-refractivity contribution is 5.85. The van der Waals surface area contributed by atoms with E-state index in [2.05, 4.69) is 36.2 Å². The van der Waals surface area contributed by atoms with Gasteiger partial charge in [0, 0.05) is 23.7 Å². The second-order valence-electron chi connectivity index (χ2n) is 3.75. The number of para-hydroxylation sites is 1. The van der Waals surface area contributed by atoms with Crippen molar-refractivity contribution in [2.75, 3.05) is 0 Å². The van der Waals surface area contributed by atoms with Crippen LogP contribution in [0.5, 0.6) is 0 Å². The second-order valence-corrected chi connectivity index (χ2v) is 3.75. The van der Waals surface area contributed by atoms with E-state index in [1.54, 1.807) is 0 Å². The molecular formula is C12H17ClN2. The average Bonchev–Trinajstić information content (AvgIpc) is 2.59. The average molecular weight is 225 g/mol. The van der Waals surface area contributed by atoms with E-state index in [-0.39, 0.29) is 18.4 Å². The van der Waals surface area contributed by atoms with Crippen molar-refractivity contribution in [2.45, 2.75) is 25.8 Å². The van der Waals surface area contributed by atoms with Crippen LogP contribution in [0.2, 0.25) is 0 Å². The molecule has 0 saturated carbocycles. The minimum atomic E-state index is 0. The van der Waals surface area contributed by atoms with Crippen LogP contribution in [0, 0.1) is 0 Å². The summed E-state index contributed by atoms with van der Waals surface area (Å²) in [6.45, 7) is 2.12.